The maximum absolute atomic E-state index is 12.7. The van der Waals surface area contributed by atoms with Gasteiger partial charge < -0.3 is 19.9 Å². The number of nitrogens with one attached hydrogen (secondary N) is 2. The molecule has 1 aliphatic rings. The van der Waals surface area contributed by atoms with Gasteiger partial charge in [0.25, 0.3) is 0 Å². The summed E-state index contributed by atoms with van der Waals surface area (Å²) in [5.41, 5.74) is 2.38. The van der Waals surface area contributed by atoms with Crippen LogP contribution in [0.3, 0.4) is 0 Å². The molecule has 1 aromatic carbocycles. The van der Waals surface area contributed by atoms with E-state index in [-0.39, 0.29) is 17.9 Å². The molecule has 0 spiro atoms. The zero-order chi connectivity index (χ0) is 19.4. The number of benzene rings is 1. The van der Waals surface area contributed by atoms with Gasteiger partial charge in [-0.2, -0.15) is 0 Å². The second kappa shape index (κ2) is 8.26. The number of aromatic nitrogens is 1. The molecule has 3 rings (SSSR count). The number of aryl methyl sites for hydroxylation is 1. The first-order chi connectivity index (χ1) is 13.0. The van der Waals surface area contributed by atoms with E-state index in [4.69, 9.17) is 4.74 Å². The Labute approximate surface area is 159 Å². The number of carbonyl (C=O) groups is 2. The molecule has 0 unspecified atom stereocenters. The Bertz CT molecular complexity index is 830. The van der Waals surface area contributed by atoms with E-state index in [1.165, 1.54) is 12.6 Å². The number of hydrogen-bond acceptors (Lipinski definition) is 4. The molecule has 1 saturated heterocycles. The van der Waals surface area contributed by atoms with Crippen molar-refractivity contribution in [3.05, 3.63) is 42.2 Å². The lowest BCUT2D eigenvalue weighted by Gasteiger charge is -2.24. The zero-order valence-electron chi connectivity index (χ0n) is 16.0. The Morgan fingerprint density at radius 2 is 2.07 bits per heavy atom. The van der Waals surface area contributed by atoms with Crippen LogP contribution < -0.4 is 15.4 Å². The van der Waals surface area contributed by atoms with Crippen molar-refractivity contribution in [3.8, 4) is 5.75 Å². The summed E-state index contributed by atoms with van der Waals surface area (Å²) in [6.07, 6.45) is 4.15. The van der Waals surface area contributed by atoms with E-state index in [9.17, 15) is 9.59 Å². The van der Waals surface area contributed by atoms with Crippen molar-refractivity contribution in [2.75, 3.05) is 30.8 Å². The van der Waals surface area contributed by atoms with Crippen LogP contribution in [0.4, 0.5) is 11.4 Å². The van der Waals surface area contributed by atoms with Gasteiger partial charge in [0.15, 0.2) is 0 Å². The van der Waals surface area contributed by atoms with Crippen molar-refractivity contribution in [1.29, 1.82) is 0 Å². The summed E-state index contributed by atoms with van der Waals surface area (Å²) >= 11 is 0. The average Bonchev–Trinajstić information content (AvgIpc) is 3.23. The van der Waals surface area contributed by atoms with Gasteiger partial charge >= 0.3 is 0 Å². The highest BCUT2D eigenvalue weighted by molar-refractivity contribution is 5.95. The van der Waals surface area contributed by atoms with Crippen molar-refractivity contribution < 1.29 is 14.3 Å². The van der Waals surface area contributed by atoms with E-state index in [1.807, 2.05) is 19.3 Å². The first-order valence-electron chi connectivity index (χ1n) is 9.08. The van der Waals surface area contributed by atoms with Gasteiger partial charge in [0.1, 0.15) is 5.75 Å². The Morgan fingerprint density at radius 1 is 1.26 bits per heavy atom. The third kappa shape index (κ3) is 4.49. The van der Waals surface area contributed by atoms with E-state index in [2.05, 4.69) is 26.2 Å². The summed E-state index contributed by atoms with van der Waals surface area (Å²) in [4.78, 5) is 26.1. The largest absolute Gasteiger partial charge is 0.495 e. The number of rotatable bonds is 6. The highest BCUT2D eigenvalue weighted by atomic mass is 16.5. The average molecular weight is 370 g/mol. The van der Waals surface area contributed by atoms with Gasteiger partial charge in [-0.25, -0.2) is 0 Å². The van der Waals surface area contributed by atoms with Crippen molar-refractivity contribution in [1.82, 2.24) is 9.47 Å². The highest BCUT2D eigenvalue weighted by Gasteiger charge is 2.29. The molecular weight excluding hydrogens is 344 g/mol. The number of ether oxygens (including phenoxy) is 1. The normalized spacial score (nSPS) is 16.9. The van der Waals surface area contributed by atoms with E-state index in [0.29, 0.717) is 23.7 Å². The number of anilines is 2. The quantitative estimate of drug-likeness (QED) is 0.820. The van der Waals surface area contributed by atoms with Gasteiger partial charge in [-0.1, -0.05) is 0 Å². The van der Waals surface area contributed by atoms with Crippen LogP contribution in [0.5, 0.6) is 5.75 Å². The Morgan fingerprint density at radius 3 is 2.74 bits per heavy atom. The van der Waals surface area contributed by atoms with Crippen LogP contribution in [0.25, 0.3) is 0 Å². The van der Waals surface area contributed by atoms with Crippen LogP contribution >= 0.6 is 0 Å². The Kier molecular flexibility index (Phi) is 5.81. The van der Waals surface area contributed by atoms with Crippen molar-refractivity contribution in [2.24, 2.45) is 7.05 Å². The number of carbonyl (C=O) groups excluding carboxylic acids is 2. The van der Waals surface area contributed by atoms with Gasteiger partial charge in [-0.05, 0) is 49.7 Å². The summed E-state index contributed by atoms with van der Waals surface area (Å²) in [5, 5.41) is 5.63. The molecular formula is C20H26N4O3. The van der Waals surface area contributed by atoms with E-state index in [1.54, 1.807) is 25.3 Å². The standard InChI is InChI=1S/C20H26N4O3/c1-14(25)21-15-8-9-19(27-3)16(12-15)22-20(26)13-24-11-5-7-18(24)17-6-4-10-23(17)2/h4,6,8-10,12,18H,5,7,11,13H2,1-3H3,(H,21,25)(H,22,26)/t18-/m1/s1. The van der Waals surface area contributed by atoms with Crippen LogP contribution in [0, 0.1) is 0 Å². The summed E-state index contributed by atoms with van der Waals surface area (Å²) in [6, 6.07) is 9.57. The maximum Gasteiger partial charge on any atom is 0.238 e. The molecule has 0 bridgehead atoms. The predicted octanol–water partition coefficient (Wildman–Crippen LogP) is 2.77. The molecule has 7 nitrogen and oxygen atoms in total. The molecule has 1 aliphatic heterocycles. The lowest BCUT2D eigenvalue weighted by Crippen LogP contribution is -2.33. The van der Waals surface area contributed by atoms with Crippen molar-refractivity contribution >= 4 is 23.2 Å². The van der Waals surface area contributed by atoms with Gasteiger partial charge in [-0.3, -0.25) is 14.5 Å². The van der Waals surface area contributed by atoms with Crippen molar-refractivity contribution in [2.45, 2.75) is 25.8 Å². The smallest absolute Gasteiger partial charge is 0.238 e. The van der Waals surface area contributed by atoms with Gasteiger partial charge in [0.05, 0.1) is 25.4 Å². The van der Waals surface area contributed by atoms with Gasteiger partial charge in [-0.15, -0.1) is 0 Å². The van der Waals surface area contributed by atoms with E-state index >= 15 is 0 Å². The van der Waals surface area contributed by atoms with E-state index in [0.717, 1.165) is 19.4 Å². The number of hydrogen-bond donors (Lipinski definition) is 2. The van der Waals surface area contributed by atoms with Crippen LogP contribution in [-0.2, 0) is 16.6 Å². The number of likely N-dealkylation sites (tertiary alicyclic amines) is 1. The lowest BCUT2D eigenvalue weighted by atomic mass is 10.1. The fraction of sp³-hybridized carbons (Fsp3) is 0.400. The highest BCUT2D eigenvalue weighted by Crippen LogP contribution is 2.32. The molecule has 1 fully saturated rings. The lowest BCUT2D eigenvalue weighted by molar-refractivity contribution is -0.117. The molecule has 2 amide bonds. The van der Waals surface area contributed by atoms with Crippen molar-refractivity contribution in [3.63, 3.8) is 0 Å². The molecule has 144 valence electrons. The van der Waals surface area contributed by atoms with Gasteiger partial charge in [0.2, 0.25) is 11.8 Å². The third-order valence-electron chi connectivity index (χ3n) is 4.83. The molecule has 1 aromatic heterocycles. The third-order valence-corrected chi connectivity index (χ3v) is 4.83. The maximum atomic E-state index is 12.7. The Hall–Kier alpha value is -2.80. The second-order valence-electron chi connectivity index (χ2n) is 6.82. The minimum atomic E-state index is -0.167. The molecule has 0 aliphatic carbocycles. The fourth-order valence-electron chi connectivity index (χ4n) is 3.63. The minimum absolute atomic E-state index is 0.102. The molecule has 1 atom stereocenters. The SMILES string of the molecule is COc1ccc(NC(C)=O)cc1NC(=O)CN1CCC[C@@H]1c1cccn1C. The number of methoxy groups -OCH3 is 1. The molecule has 27 heavy (non-hydrogen) atoms. The van der Waals surface area contributed by atoms with Crippen LogP contribution in [0.1, 0.15) is 31.5 Å². The molecule has 2 aromatic rings. The minimum Gasteiger partial charge on any atom is -0.495 e. The van der Waals surface area contributed by atoms with Crippen LogP contribution in [-0.4, -0.2) is 41.5 Å². The van der Waals surface area contributed by atoms with Gasteiger partial charge in [0, 0.05) is 31.5 Å². The number of amides is 2. The molecule has 2 heterocycles. The van der Waals surface area contributed by atoms with E-state index < -0.39 is 0 Å². The molecule has 0 radical (unpaired) electrons. The summed E-state index contributed by atoms with van der Waals surface area (Å²) in [6.45, 7) is 2.65. The monoisotopic (exact) mass is 370 g/mol. The summed E-state index contributed by atoms with van der Waals surface area (Å²) < 4.78 is 7.44. The summed E-state index contributed by atoms with van der Waals surface area (Å²) in [5.74, 6) is 0.284. The summed E-state index contributed by atoms with van der Waals surface area (Å²) in [7, 11) is 3.58. The Balaban J connectivity index is 1.70. The topological polar surface area (TPSA) is 75.6 Å². The number of nitrogens with zero attached hydrogens (tertiary/aromatic N) is 2. The predicted molar refractivity (Wildman–Crippen MR) is 105 cm³/mol. The van der Waals surface area contributed by atoms with Crippen LogP contribution in [0.15, 0.2) is 36.5 Å². The zero-order valence-corrected chi connectivity index (χ0v) is 16.0. The van der Waals surface area contributed by atoms with Crippen LogP contribution in [0.2, 0.25) is 0 Å². The molecule has 7 heteroatoms. The second-order valence-corrected chi connectivity index (χ2v) is 6.82. The molecule has 0 saturated carbocycles. The first kappa shape index (κ1) is 19.0. The fourth-order valence-corrected chi connectivity index (χ4v) is 3.63. The molecule has 2 N–H and O–H groups in total. The first-order valence-corrected chi connectivity index (χ1v) is 9.08.